The third kappa shape index (κ3) is 3.60. The Balaban J connectivity index is 2.87. The highest BCUT2D eigenvalue weighted by Gasteiger charge is 2.21. The van der Waals surface area contributed by atoms with Crippen molar-refractivity contribution in [1.29, 1.82) is 0 Å². The van der Waals surface area contributed by atoms with Crippen molar-refractivity contribution in [2.75, 3.05) is 6.61 Å². The molecule has 7 heteroatoms. The number of aliphatic hydroxyl groups is 1. The Bertz CT molecular complexity index is 464. The maximum atomic E-state index is 11.8. The average molecular weight is 292 g/mol. The van der Waals surface area contributed by atoms with Gasteiger partial charge in [0, 0.05) is 13.0 Å². The highest BCUT2D eigenvalue weighted by molar-refractivity contribution is 6.43. The van der Waals surface area contributed by atoms with Gasteiger partial charge in [-0.3, -0.25) is 4.79 Å². The average Bonchev–Trinajstić information content (AvgIpc) is 2.31. The minimum atomic E-state index is -1.23. The van der Waals surface area contributed by atoms with Gasteiger partial charge < -0.3 is 15.5 Å². The van der Waals surface area contributed by atoms with Crippen LogP contribution in [0.1, 0.15) is 16.8 Å². The molecule has 5 nitrogen and oxygen atoms in total. The second-order valence-corrected chi connectivity index (χ2v) is 4.26. The van der Waals surface area contributed by atoms with Crippen LogP contribution in [0.4, 0.5) is 0 Å². The molecule has 0 heterocycles. The molecule has 1 aromatic rings. The third-order valence-corrected chi connectivity index (χ3v) is 3.04. The number of aliphatic hydroxyl groups excluding tert-OH is 1. The molecule has 0 aromatic heterocycles. The summed E-state index contributed by atoms with van der Waals surface area (Å²) in [6, 6.07) is 3.31. The van der Waals surface area contributed by atoms with E-state index in [1.165, 1.54) is 18.2 Å². The maximum Gasteiger partial charge on any atom is 0.326 e. The summed E-state index contributed by atoms with van der Waals surface area (Å²) in [7, 11) is 0. The van der Waals surface area contributed by atoms with Gasteiger partial charge in [-0.25, -0.2) is 4.79 Å². The Hall–Kier alpha value is -1.30. The summed E-state index contributed by atoms with van der Waals surface area (Å²) in [4.78, 5) is 22.6. The minimum Gasteiger partial charge on any atom is -0.480 e. The zero-order valence-corrected chi connectivity index (χ0v) is 10.7. The highest BCUT2D eigenvalue weighted by atomic mass is 35.5. The molecule has 1 aromatic carbocycles. The van der Waals surface area contributed by atoms with Crippen molar-refractivity contribution < 1.29 is 19.8 Å². The molecule has 0 fully saturated rings. The third-order valence-electron chi connectivity index (χ3n) is 2.22. The van der Waals surface area contributed by atoms with E-state index < -0.39 is 17.9 Å². The van der Waals surface area contributed by atoms with Gasteiger partial charge in [-0.2, -0.15) is 0 Å². The number of nitrogens with one attached hydrogen (secondary N) is 1. The van der Waals surface area contributed by atoms with Crippen molar-refractivity contribution in [3.8, 4) is 0 Å². The van der Waals surface area contributed by atoms with Gasteiger partial charge in [0.15, 0.2) is 0 Å². The van der Waals surface area contributed by atoms with Crippen molar-refractivity contribution in [3.63, 3.8) is 0 Å². The van der Waals surface area contributed by atoms with E-state index in [0.717, 1.165) is 0 Å². The van der Waals surface area contributed by atoms with Crippen LogP contribution in [0.25, 0.3) is 0 Å². The molecule has 98 valence electrons. The number of hydrogen-bond acceptors (Lipinski definition) is 3. The predicted molar refractivity (Wildman–Crippen MR) is 67.1 cm³/mol. The van der Waals surface area contributed by atoms with Gasteiger partial charge in [0.05, 0.1) is 15.6 Å². The number of carbonyl (C=O) groups is 2. The number of rotatable bonds is 5. The second-order valence-electron chi connectivity index (χ2n) is 3.48. The summed E-state index contributed by atoms with van der Waals surface area (Å²) < 4.78 is 0. The Morgan fingerprint density at radius 1 is 1.33 bits per heavy atom. The van der Waals surface area contributed by atoms with Gasteiger partial charge in [-0.1, -0.05) is 29.3 Å². The lowest BCUT2D eigenvalue weighted by atomic mass is 10.1. The summed E-state index contributed by atoms with van der Waals surface area (Å²) in [5.41, 5.74) is 0.0911. The van der Waals surface area contributed by atoms with Crippen molar-refractivity contribution in [2.24, 2.45) is 0 Å². The molecule has 0 aliphatic rings. The lowest BCUT2D eigenvalue weighted by Crippen LogP contribution is -2.41. The SMILES string of the molecule is O=C(NC(CCO)C(=O)O)c1cccc(Cl)c1Cl. The van der Waals surface area contributed by atoms with Gasteiger partial charge in [0.1, 0.15) is 6.04 Å². The van der Waals surface area contributed by atoms with Gasteiger partial charge >= 0.3 is 5.97 Å². The molecule has 1 amide bonds. The number of aliphatic carboxylic acids is 1. The number of hydrogen-bond donors (Lipinski definition) is 3. The molecule has 0 aliphatic carbocycles. The number of carboxylic acids is 1. The summed E-state index contributed by atoms with van der Waals surface area (Å²) >= 11 is 11.6. The van der Waals surface area contributed by atoms with Crippen LogP contribution in [-0.4, -0.2) is 34.7 Å². The summed E-state index contributed by atoms with van der Waals surface area (Å²) in [6.07, 6.45) is -0.0841. The molecule has 0 saturated heterocycles. The lowest BCUT2D eigenvalue weighted by molar-refractivity contribution is -0.139. The van der Waals surface area contributed by atoms with E-state index in [1.54, 1.807) is 0 Å². The number of amides is 1. The van der Waals surface area contributed by atoms with E-state index in [-0.39, 0.29) is 28.6 Å². The van der Waals surface area contributed by atoms with Crippen molar-refractivity contribution in [1.82, 2.24) is 5.32 Å². The molecule has 0 bridgehead atoms. The molecule has 0 spiro atoms. The normalized spacial score (nSPS) is 11.9. The first-order valence-corrected chi connectivity index (χ1v) is 5.81. The van der Waals surface area contributed by atoms with E-state index in [0.29, 0.717) is 0 Å². The summed E-state index contributed by atoms with van der Waals surface area (Å²) in [5.74, 6) is -1.88. The van der Waals surface area contributed by atoms with Gasteiger partial charge in [-0.15, -0.1) is 0 Å². The zero-order chi connectivity index (χ0) is 13.7. The van der Waals surface area contributed by atoms with Crippen LogP contribution in [0.2, 0.25) is 10.0 Å². The first kappa shape index (κ1) is 14.8. The fourth-order valence-corrected chi connectivity index (χ4v) is 1.69. The second kappa shape index (κ2) is 6.58. The van der Waals surface area contributed by atoms with Crippen LogP contribution in [0.15, 0.2) is 18.2 Å². The molecule has 0 saturated carbocycles. The molecular weight excluding hydrogens is 281 g/mol. The number of carboxylic acid groups (broad SMARTS) is 1. The quantitative estimate of drug-likeness (QED) is 0.768. The molecule has 1 rings (SSSR count). The van der Waals surface area contributed by atoms with Gasteiger partial charge in [0.25, 0.3) is 5.91 Å². The van der Waals surface area contributed by atoms with Crippen LogP contribution in [0, 0.1) is 0 Å². The van der Waals surface area contributed by atoms with Crippen LogP contribution in [0.3, 0.4) is 0 Å². The van der Waals surface area contributed by atoms with Gasteiger partial charge in [0.2, 0.25) is 0 Å². The first-order chi connectivity index (χ1) is 8.47. The van der Waals surface area contributed by atoms with Crippen LogP contribution in [0.5, 0.6) is 0 Å². The fraction of sp³-hybridized carbons (Fsp3) is 0.273. The van der Waals surface area contributed by atoms with E-state index >= 15 is 0 Å². The van der Waals surface area contributed by atoms with Crippen molar-refractivity contribution >= 4 is 35.1 Å². The standard InChI is InChI=1S/C11H11Cl2NO4/c12-7-3-1-2-6(9(7)13)10(16)14-8(4-5-15)11(17)18/h1-3,8,15H,4-5H2,(H,14,16)(H,17,18). The van der Waals surface area contributed by atoms with Crippen molar-refractivity contribution in [2.45, 2.75) is 12.5 Å². The minimum absolute atomic E-state index is 0.0600. The molecule has 1 atom stereocenters. The first-order valence-electron chi connectivity index (χ1n) is 5.06. The summed E-state index contributed by atoms with van der Waals surface area (Å²) in [5, 5.41) is 20.1. The maximum absolute atomic E-state index is 11.8. The van der Waals surface area contributed by atoms with Crippen LogP contribution < -0.4 is 5.32 Å². The molecule has 0 aliphatic heterocycles. The van der Waals surface area contributed by atoms with E-state index in [4.69, 9.17) is 33.4 Å². The van der Waals surface area contributed by atoms with Crippen LogP contribution in [-0.2, 0) is 4.79 Å². The fourth-order valence-electron chi connectivity index (χ4n) is 1.30. The largest absolute Gasteiger partial charge is 0.480 e. The Morgan fingerprint density at radius 3 is 2.56 bits per heavy atom. The molecule has 1 unspecified atom stereocenters. The smallest absolute Gasteiger partial charge is 0.326 e. The lowest BCUT2D eigenvalue weighted by Gasteiger charge is -2.14. The molecule has 3 N–H and O–H groups in total. The van der Waals surface area contributed by atoms with Gasteiger partial charge in [-0.05, 0) is 12.1 Å². The number of halogens is 2. The van der Waals surface area contributed by atoms with Crippen molar-refractivity contribution in [3.05, 3.63) is 33.8 Å². The van der Waals surface area contributed by atoms with E-state index in [9.17, 15) is 9.59 Å². The highest BCUT2D eigenvalue weighted by Crippen LogP contribution is 2.25. The monoisotopic (exact) mass is 291 g/mol. The van der Waals surface area contributed by atoms with Crippen LogP contribution >= 0.6 is 23.2 Å². The summed E-state index contributed by atoms with van der Waals surface area (Å²) in [6.45, 7) is -0.347. The topological polar surface area (TPSA) is 86.6 Å². The molecular formula is C11H11Cl2NO4. The predicted octanol–water partition coefficient (Wildman–Crippen LogP) is 1.56. The number of carbonyl (C=O) groups excluding carboxylic acids is 1. The zero-order valence-electron chi connectivity index (χ0n) is 9.19. The molecule has 18 heavy (non-hydrogen) atoms. The molecule has 0 radical (unpaired) electrons. The Labute approximate surface area is 113 Å². The Kier molecular flexibility index (Phi) is 5.40. The number of benzene rings is 1. The van der Waals surface area contributed by atoms with E-state index in [2.05, 4.69) is 5.32 Å². The van der Waals surface area contributed by atoms with E-state index in [1.807, 2.05) is 0 Å². The Morgan fingerprint density at radius 2 is 2.00 bits per heavy atom.